The van der Waals surface area contributed by atoms with Gasteiger partial charge in [-0.15, -0.1) is 0 Å². The lowest BCUT2D eigenvalue weighted by Gasteiger charge is -2.58. The summed E-state index contributed by atoms with van der Waals surface area (Å²) in [5.74, 6) is 0.0134. The topological polar surface area (TPSA) is 61.4 Å². The van der Waals surface area contributed by atoms with Gasteiger partial charge in [-0.1, -0.05) is 26.0 Å². The summed E-state index contributed by atoms with van der Waals surface area (Å²) in [6.07, 6.45) is 3.57. The first-order valence-electron chi connectivity index (χ1n) is 11.6. The van der Waals surface area contributed by atoms with Gasteiger partial charge in [-0.25, -0.2) is 4.39 Å². The molecule has 31 heavy (non-hydrogen) atoms. The summed E-state index contributed by atoms with van der Waals surface area (Å²) in [7, 11) is 0. The minimum Gasteiger partial charge on any atom is -0.355 e. The summed E-state index contributed by atoms with van der Waals surface area (Å²) in [5, 5.41) is 6.19. The van der Waals surface area contributed by atoms with Crippen molar-refractivity contribution >= 4 is 11.8 Å². The molecule has 1 heterocycles. The van der Waals surface area contributed by atoms with Gasteiger partial charge in [0.1, 0.15) is 5.82 Å². The van der Waals surface area contributed by atoms with Crippen molar-refractivity contribution in [2.75, 3.05) is 26.2 Å². The summed E-state index contributed by atoms with van der Waals surface area (Å²) >= 11 is 0. The van der Waals surface area contributed by atoms with Crippen molar-refractivity contribution in [3.05, 3.63) is 35.6 Å². The van der Waals surface area contributed by atoms with E-state index in [-0.39, 0.29) is 39.9 Å². The van der Waals surface area contributed by atoms with E-state index in [9.17, 15) is 14.0 Å². The van der Waals surface area contributed by atoms with Gasteiger partial charge in [-0.05, 0) is 69.6 Å². The maximum absolute atomic E-state index is 13.3. The summed E-state index contributed by atoms with van der Waals surface area (Å²) in [5.41, 5.74) is 0.915. The molecular weight excluding hydrogens is 393 g/mol. The van der Waals surface area contributed by atoms with Crippen LogP contribution in [0.3, 0.4) is 0 Å². The molecule has 0 unspecified atom stereocenters. The summed E-state index contributed by atoms with van der Waals surface area (Å²) in [6, 6.07) is 6.67. The molecule has 1 aliphatic carbocycles. The molecule has 5 nitrogen and oxygen atoms in total. The monoisotopic (exact) mass is 431 g/mol. The van der Waals surface area contributed by atoms with Crippen LogP contribution in [-0.2, 0) is 15.0 Å². The third-order valence-corrected chi connectivity index (χ3v) is 7.14. The molecular formula is C25H38FN3O2. The number of nitrogens with one attached hydrogen (secondary N) is 2. The predicted octanol–water partition coefficient (Wildman–Crippen LogP) is 3.63. The zero-order chi connectivity index (χ0) is 22.9. The molecule has 1 aliphatic heterocycles. The highest BCUT2D eigenvalue weighted by molar-refractivity contribution is 5.80. The number of hydrogen-bond donors (Lipinski definition) is 2. The number of carbonyl (C=O) groups is 2. The highest BCUT2D eigenvalue weighted by Crippen LogP contribution is 2.51. The first kappa shape index (κ1) is 23.7. The van der Waals surface area contributed by atoms with E-state index >= 15 is 0 Å². The number of benzene rings is 1. The van der Waals surface area contributed by atoms with Crippen molar-refractivity contribution in [2.45, 2.75) is 71.3 Å². The highest BCUT2D eigenvalue weighted by atomic mass is 19.1. The highest BCUT2D eigenvalue weighted by Gasteiger charge is 2.54. The standard InChI is InChI=1S/C25H38FN3O2/c1-6-25(7-2,19-8-10-20(26)11-9-19)15-27-22(31)18-12-24(13-18)16-29(17-24)14-21(30)28-23(3,4)5/h8-11,18H,6-7,12-17H2,1-5H3,(H,27,31)(H,28,30). The molecule has 0 radical (unpaired) electrons. The quantitative estimate of drug-likeness (QED) is 0.661. The van der Waals surface area contributed by atoms with Crippen molar-refractivity contribution < 1.29 is 14.0 Å². The molecule has 1 aromatic rings. The smallest absolute Gasteiger partial charge is 0.234 e. The van der Waals surface area contributed by atoms with Gasteiger partial charge in [0.15, 0.2) is 0 Å². The second-order valence-corrected chi connectivity index (χ2v) is 10.8. The van der Waals surface area contributed by atoms with Gasteiger partial charge in [0.25, 0.3) is 0 Å². The fraction of sp³-hybridized carbons (Fsp3) is 0.680. The Morgan fingerprint density at radius 3 is 2.19 bits per heavy atom. The van der Waals surface area contributed by atoms with Crippen LogP contribution in [0.2, 0.25) is 0 Å². The zero-order valence-corrected chi connectivity index (χ0v) is 19.7. The van der Waals surface area contributed by atoms with Crippen LogP contribution in [0.4, 0.5) is 4.39 Å². The predicted molar refractivity (Wildman–Crippen MR) is 121 cm³/mol. The van der Waals surface area contributed by atoms with Crippen LogP contribution in [0.5, 0.6) is 0 Å². The Labute approximate surface area is 186 Å². The molecule has 172 valence electrons. The molecule has 0 bridgehead atoms. The molecule has 2 aliphatic rings. The van der Waals surface area contributed by atoms with Gasteiger partial charge in [0, 0.05) is 36.5 Å². The van der Waals surface area contributed by atoms with E-state index in [1.165, 1.54) is 12.1 Å². The average molecular weight is 432 g/mol. The summed E-state index contributed by atoms with van der Waals surface area (Å²) in [6.45, 7) is 13.0. The van der Waals surface area contributed by atoms with E-state index in [2.05, 4.69) is 29.4 Å². The van der Waals surface area contributed by atoms with Crippen LogP contribution < -0.4 is 10.6 Å². The first-order valence-corrected chi connectivity index (χ1v) is 11.6. The molecule has 1 spiro atoms. The number of halogens is 1. The van der Waals surface area contributed by atoms with Crippen LogP contribution >= 0.6 is 0 Å². The number of likely N-dealkylation sites (tertiary alicyclic amines) is 1. The molecule has 2 amide bonds. The Hall–Kier alpha value is -1.95. The Morgan fingerprint density at radius 2 is 1.68 bits per heavy atom. The van der Waals surface area contributed by atoms with Gasteiger partial charge in [-0.3, -0.25) is 14.5 Å². The lowest BCUT2D eigenvalue weighted by molar-refractivity contribution is -0.148. The van der Waals surface area contributed by atoms with E-state index in [0.717, 1.165) is 44.3 Å². The number of nitrogens with zero attached hydrogens (tertiary/aromatic N) is 1. The number of carbonyl (C=O) groups excluding carboxylic acids is 2. The number of hydrogen-bond acceptors (Lipinski definition) is 3. The minimum absolute atomic E-state index is 0.0604. The fourth-order valence-electron chi connectivity index (χ4n) is 5.32. The Balaban J connectivity index is 1.45. The van der Waals surface area contributed by atoms with Gasteiger partial charge >= 0.3 is 0 Å². The van der Waals surface area contributed by atoms with Gasteiger partial charge < -0.3 is 10.6 Å². The molecule has 0 aromatic heterocycles. The molecule has 2 fully saturated rings. The Morgan fingerprint density at radius 1 is 1.10 bits per heavy atom. The Bertz CT molecular complexity index is 782. The molecule has 1 aromatic carbocycles. The maximum atomic E-state index is 13.3. The number of rotatable bonds is 8. The van der Waals surface area contributed by atoms with Crippen molar-refractivity contribution in [3.8, 4) is 0 Å². The van der Waals surface area contributed by atoms with Crippen molar-refractivity contribution in [1.82, 2.24) is 15.5 Å². The average Bonchev–Trinajstić information content (AvgIpc) is 2.63. The zero-order valence-electron chi connectivity index (χ0n) is 19.7. The van der Waals surface area contributed by atoms with Gasteiger partial charge in [0.05, 0.1) is 6.54 Å². The minimum atomic E-state index is -0.237. The van der Waals surface area contributed by atoms with Crippen molar-refractivity contribution in [2.24, 2.45) is 11.3 Å². The van der Waals surface area contributed by atoms with Crippen LogP contribution in [0, 0.1) is 17.2 Å². The fourth-order valence-corrected chi connectivity index (χ4v) is 5.32. The van der Waals surface area contributed by atoms with Gasteiger partial charge in [0.2, 0.25) is 11.8 Å². The van der Waals surface area contributed by atoms with E-state index in [0.29, 0.717) is 13.1 Å². The first-order chi connectivity index (χ1) is 14.5. The van der Waals surface area contributed by atoms with E-state index < -0.39 is 0 Å². The molecule has 1 saturated heterocycles. The molecule has 6 heteroatoms. The van der Waals surface area contributed by atoms with E-state index in [1.807, 2.05) is 32.9 Å². The third-order valence-electron chi connectivity index (χ3n) is 7.14. The molecule has 1 saturated carbocycles. The van der Waals surface area contributed by atoms with Crippen LogP contribution in [0.25, 0.3) is 0 Å². The largest absolute Gasteiger partial charge is 0.355 e. The number of amides is 2. The normalized spacial score (nSPS) is 18.9. The third kappa shape index (κ3) is 5.46. The molecule has 2 N–H and O–H groups in total. The van der Waals surface area contributed by atoms with E-state index in [1.54, 1.807) is 0 Å². The van der Waals surface area contributed by atoms with Crippen molar-refractivity contribution in [3.63, 3.8) is 0 Å². The Kier molecular flexibility index (Phi) is 6.80. The molecule has 0 atom stereocenters. The second-order valence-electron chi connectivity index (χ2n) is 10.8. The van der Waals surface area contributed by atoms with Crippen LogP contribution in [0.1, 0.15) is 65.9 Å². The summed E-state index contributed by atoms with van der Waals surface area (Å²) < 4.78 is 13.3. The van der Waals surface area contributed by atoms with Crippen LogP contribution in [-0.4, -0.2) is 48.4 Å². The second kappa shape index (κ2) is 8.89. The lowest BCUT2D eigenvalue weighted by Crippen LogP contribution is -2.65. The van der Waals surface area contributed by atoms with E-state index in [4.69, 9.17) is 0 Å². The SMILES string of the molecule is CCC(CC)(CNC(=O)C1CC2(C1)CN(CC(=O)NC(C)(C)C)C2)c1ccc(F)cc1. The lowest BCUT2D eigenvalue weighted by atomic mass is 9.57. The van der Waals surface area contributed by atoms with Crippen molar-refractivity contribution in [1.29, 1.82) is 0 Å². The molecule has 3 rings (SSSR count). The van der Waals surface area contributed by atoms with Gasteiger partial charge in [-0.2, -0.15) is 0 Å². The maximum Gasteiger partial charge on any atom is 0.234 e. The summed E-state index contributed by atoms with van der Waals surface area (Å²) in [4.78, 5) is 27.0. The van der Waals surface area contributed by atoms with Crippen LogP contribution in [0.15, 0.2) is 24.3 Å².